The van der Waals surface area contributed by atoms with Gasteiger partial charge in [-0.25, -0.2) is 4.79 Å². The zero-order valence-corrected chi connectivity index (χ0v) is 13.4. The van der Waals surface area contributed by atoms with Gasteiger partial charge in [0.2, 0.25) is 5.91 Å². The van der Waals surface area contributed by atoms with Crippen LogP contribution in [0.1, 0.15) is 29.3 Å². The summed E-state index contributed by atoms with van der Waals surface area (Å²) in [6.45, 7) is 1.74. The van der Waals surface area contributed by atoms with Crippen LogP contribution in [0.5, 0.6) is 0 Å². The van der Waals surface area contributed by atoms with E-state index in [1.807, 2.05) is 36.4 Å². The summed E-state index contributed by atoms with van der Waals surface area (Å²) in [4.78, 5) is 35.6. The van der Waals surface area contributed by atoms with Crippen molar-refractivity contribution in [3.05, 3.63) is 71.8 Å². The first-order valence-corrected chi connectivity index (χ1v) is 7.66. The standard InChI is InChI=1S/C19H19NO4/c1-14(18(22)16-10-6-3-7-11-16)12-17(21)20-19(23)24-13-15-8-4-2-5-9-15/h2-11,14H,12-13H2,1H3,(H,20,21,23). The van der Waals surface area contributed by atoms with Crippen molar-refractivity contribution in [1.82, 2.24) is 5.32 Å². The third kappa shape index (κ3) is 5.35. The summed E-state index contributed by atoms with van der Waals surface area (Å²) in [5.74, 6) is -1.19. The summed E-state index contributed by atoms with van der Waals surface area (Å²) in [5, 5.41) is 2.14. The van der Waals surface area contributed by atoms with Crippen LogP contribution in [0.2, 0.25) is 0 Å². The molecule has 1 atom stereocenters. The molecule has 0 aliphatic heterocycles. The third-order valence-electron chi connectivity index (χ3n) is 3.45. The maximum absolute atomic E-state index is 12.2. The lowest BCUT2D eigenvalue weighted by molar-refractivity contribution is -0.121. The Morgan fingerprint density at radius 2 is 1.54 bits per heavy atom. The highest BCUT2D eigenvalue weighted by Gasteiger charge is 2.20. The lowest BCUT2D eigenvalue weighted by Gasteiger charge is -2.10. The number of Topliss-reactive ketones (excluding diaryl/α,β-unsaturated/α-hetero) is 1. The number of carbonyl (C=O) groups is 3. The Hall–Kier alpha value is -2.95. The van der Waals surface area contributed by atoms with Gasteiger partial charge in [-0.05, 0) is 5.56 Å². The van der Waals surface area contributed by atoms with Gasteiger partial charge >= 0.3 is 6.09 Å². The van der Waals surface area contributed by atoms with Gasteiger partial charge in [-0.2, -0.15) is 0 Å². The number of ether oxygens (including phenoxy) is 1. The average molecular weight is 325 g/mol. The molecule has 0 bridgehead atoms. The summed E-state index contributed by atoms with van der Waals surface area (Å²) in [6.07, 6.45) is -0.892. The van der Waals surface area contributed by atoms with Crippen molar-refractivity contribution in [2.75, 3.05) is 0 Å². The maximum atomic E-state index is 12.2. The highest BCUT2D eigenvalue weighted by atomic mass is 16.5. The van der Waals surface area contributed by atoms with Gasteiger partial charge in [-0.3, -0.25) is 14.9 Å². The molecule has 5 nitrogen and oxygen atoms in total. The Morgan fingerprint density at radius 1 is 0.958 bits per heavy atom. The Labute approximate surface area is 140 Å². The van der Waals surface area contributed by atoms with Gasteiger partial charge in [0.15, 0.2) is 5.78 Å². The van der Waals surface area contributed by atoms with Crippen LogP contribution >= 0.6 is 0 Å². The Bertz CT molecular complexity index is 698. The summed E-state index contributed by atoms with van der Waals surface area (Å²) in [7, 11) is 0. The third-order valence-corrected chi connectivity index (χ3v) is 3.45. The number of nitrogens with one attached hydrogen (secondary N) is 1. The quantitative estimate of drug-likeness (QED) is 0.827. The van der Waals surface area contributed by atoms with Crippen LogP contribution in [0.4, 0.5) is 4.79 Å². The smallest absolute Gasteiger partial charge is 0.414 e. The van der Waals surface area contributed by atoms with E-state index in [0.29, 0.717) is 5.56 Å². The van der Waals surface area contributed by atoms with Crippen LogP contribution in [0.25, 0.3) is 0 Å². The number of benzene rings is 2. The molecule has 2 rings (SSSR count). The monoisotopic (exact) mass is 325 g/mol. The molecule has 0 aliphatic carbocycles. The van der Waals surface area contributed by atoms with Crippen molar-refractivity contribution in [3.63, 3.8) is 0 Å². The largest absolute Gasteiger partial charge is 0.444 e. The predicted octanol–water partition coefficient (Wildman–Crippen LogP) is 3.35. The van der Waals surface area contributed by atoms with E-state index >= 15 is 0 Å². The van der Waals surface area contributed by atoms with Crippen LogP contribution < -0.4 is 5.32 Å². The second-order valence-electron chi connectivity index (χ2n) is 5.45. The van der Waals surface area contributed by atoms with Gasteiger partial charge < -0.3 is 4.74 Å². The summed E-state index contributed by atoms with van der Waals surface area (Å²) < 4.78 is 4.97. The van der Waals surface area contributed by atoms with Crippen molar-refractivity contribution in [1.29, 1.82) is 0 Å². The van der Waals surface area contributed by atoms with E-state index in [2.05, 4.69) is 5.32 Å². The van der Waals surface area contributed by atoms with E-state index < -0.39 is 17.9 Å². The Kier molecular flexibility index (Phi) is 6.25. The molecule has 0 aliphatic rings. The van der Waals surface area contributed by atoms with E-state index in [0.717, 1.165) is 5.56 Å². The molecule has 0 heterocycles. The van der Waals surface area contributed by atoms with Gasteiger partial charge in [-0.15, -0.1) is 0 Å². The highest BCUT2D eigenvalue weighted by Crippen LogP contribution is 2.12. The molecule has 0 saturated carbocycles. The zero-order valence-electron chi connectivity index (χ0n) is 13.4. The van der Waals surface area contributed by atoms with Crippen LogP contribution in [0, 0.1) is 5.92 Å². The normalized spacial score (nSPS) is 11.4. The average Bonchev–Trinajstić information content (AvgIpc) is 2.60. The van der Waals surface area contributed by atoms with E-state index in [4.69, 9.17) is 4.74 Å². The second kappa shape index (κ2) is 8.62. The van der Waals surface area contributed by atoms with Crippen molar-refractivity contribution in [2.45, 2.75) is 20.0 Å². The van der Waals surface area contributed by atoms with Crippen LogP contribution in [-0.2, 0) is 16.1 Å². The molecule has 0 radical (unpaired) electrons. The minimum Gasteiger partial charge on any atom is -0.444 e. The molecule has 124 valence electrons. The molecular formula is C19H19NO4. The number of amides is 2. The fourth-order valence-corrected chi connectivity index (χ4v) is 2.18. The molecule has 2 amide bonds. The molecule has 5 heteroatoms. The van der Waals surface area contributed by atoms with Gasteiger partial charge in [0, 0.05) is 17.9 Å². The fourth-order valence-electron chi connectivity index (χ4n) is 2.18. The SMILES string of the molecule is CC(CC(=O)NC(=O)OCc1ccccc1)C(=O)c1ccccc1. The minimum atomic E-state index is -0.816. The van der Waals surface area contributed by atoms with Crippen LogP contribution in [0.15, 0.2) is 60.7 Å². The van der Waals surface area contributed by atoms with Crippen molar-refractivity contribution in [2.24, 2.45) is 5.92 Å². The summed E-state index contributed by atoms with van der Waals surface area (Å²) in [6, 6.07) is 17.9. The Morgan fingerprint density at radius 3 is 2.17 bits per heavy atom. The molecule has 1 N–H and O–H groups in total. The number of ketones is 1. The zero-order chi connectivity index (χ0) is 17.4. The van der Waals surface area contributed by atoms with Gasteiger partial charge in [0.25, 0.3) is 0 Å². The van der Waals surface area contributed by atoms with E-state index in [9.17, 15) is 14.4 Å². The predicted molar refractivity (Wildman–Crippen MR) is 89.3 cm³/mol. The van der Waals surface area contributed by atoms with Gasteiger partial charge in [0.1, 0.15) is 6.61 Å². The van der Waals surface area contributed by atoms with Gasteiger partial charge in [-0.1, -0.05) is 67.6 Å². The second-order valence-corrected chi connectivity index (χ2v) is 5.45. The lowest BCUT2D eigenvalue weighted by Crippen LogP contribution is -2.33. The lowest BCUT2D eigenvalue weighted by atomic mass is 9.96. The first-order valence-electron chi connectivity index (χ1n) is 7.66. The molecule has 2 aromatic rings. The van der Waals surface area contributed by atoms with E-state index in [-0.39, 0.29) is 18.8 Å². The Balaban J connectivity index is 1.77. The fraction of sp³-hybridized carbons (Fsp3) is 0.211. The summed E-state index contributed by atoms with van der Waals surface area (Å²) in [5.41, 5.74) is 1.37. The van der Waals surface area contributed by atoms with E-state index in [1.165, 1.54) is 0 Å². The molecule has 0 spiro atoms. The summed E-state index contributed by atoms with van der Waals surface area (Å²) >= 11 is 0. The topological polar surface area (TPSA) is 72.5 Å². The number of hydrogen-bond donors (Lipinski definition) is 1. The first-order chi connectivity index (χ1) is 11.6. The van der Waals surface area contributed by atoms with E-state index in [1.54, 1.807) is 31.2 Å². The molecule has 1 unspecified atom stereocenters. The first kappa shape index (κ1) is 17.4. The number of hydrogen-bond acceptors (Lipinski definition) is 4. The molecule has 2 aromatic carbocycles. The van der Waals surface area contributed by atoms with Crippen molar-refractivity contribution < 1.29 is 19.1 Å². The number of rotatable bonds is 6. The van der Waals surface area contributed by atoms with Gasteiger partial charge in [0.05, 0.1) is 0 Å². The highest BCUT2D eigenvalue weighted by molar-refractivity contribution is 6.01. The molecular weight excluding hydrogens is 306 g/mol. The van der Waals surface area contributed by atoms with Crippen molar-refractivity contribution >= 4 is 17.8 Å². The van der Waals surface area contributed by atoms with Crippen LogP contribution in [-0.4, -0.2) is 17.8 Å². The minimum absolute atomic E-state index is 0.0752. The number of alkyl carbamates (subject to hydrolysis) is 1. The number of carbonyl (C=O) groups excluding carboxylic acids is 3. The maximum Gasteiger partial charge on any atom is 0.414 e. The number of imide groups is 1. The molecule has 24 heavy (non-hydrogen) atoms. The molecule has 0 saturated heterocycles. The molecule has 0 fully saturated rings. The van der Waals surface area contributed by atoms with Crippen LogP contribution in [0.3, 0.4) is 0 Å². The van der Waals surface area contributed by atoms with Crippen molar-refractivity contribution in [3.8, 4) is 0 Å². The molecule has 0 aromatic heterocycles.